The highest BCUT2D eigenvalue weighted by Crippen LogP contribution is 2.14. The standard InChI is InChI=1S/C52H91NO7/c1-6-8-10-12-14-16-18-20-22-24-25-26-27-29-30-32-34-36-38-40-42-50(54)59-47-48(46-58-45-44-49(52(56)57)53(3,4)5)60-51(55)43-41-39-37-35-33-31-28-23-21-19-17-15-13-11-9-7-2/h9,11,15,17,21,23,25-26,31,33,48-49H,6-8,10,12-14,16,18-20,22,24,27-30,32,34-47H2,1-5H3/p+1/b11-9+,17-15+,23-21+,26-25+,33-31+. The molecule has 346 valence electrons. The normalized spacial score (nSPS) is 13.4. The van der Waals surface area contributed by atoms with Crippen LogP contribution in [0.15, 0.2) is 60.8 Å². The highest BCUT2D eigenvalue weighted by molar-refractivity contribution is 5.72. The number of quaternary nitrogens is 1. The highest BCUT2D eigenvalue weighted by Gasteiger charge is 2.31. The van der Waals surface area contributed by atoms with Crippen molar-refractivity contribution in [3.8, 4) is 0 Å². The van der Waals surface area contributed by atoms with Gasteiger partial charge in [-0.25, -0.2) is 4.79 Å². The van der Waals surface area contributed by atoms with E-state index >= 15 is 0 Å². The topological polar surface area (TPSA) is 99.1 Å². The molecule has 0 heterocycles. The fourth-order valence-electron chi connectivity index (χ4n) is 6.90. The minimum absolute atomic E-state index is 0.0451. The molecular formula is C52H92NO7+. The number of rotatable bonds is 43. The fourth-order valence-corrected chi connectivity index (χ4v) is 6.90. The summed E-state index contributed by atoms with van der Waals surface area (Å²) in [5.41, 5.74) is 0. The van der Waals surface area contributed by atoms with Crippen molar-refractivity contribution in [1.29, 1.82) is 0 Å². The van der Waals surface area contributed by atoms with E-state index < -0.39 is 18.1 Å². The second-order valence-electron chi connectivity index (χ2n) is 17.3. The number of likely N-dealkylation sites (N-methyl/N-ethyl adjacent to an activating group) is 1. The molecule has 0 amide bonds. The molecule has 0 fully saturated rings. The predicted molar refractivity (Wildman–Crippen MR) is 252 cm³/mol. The van der Waals surface area contributed by atoms with Gasteiger partial charge in [-0.1, -0.05) is 164 Å². The number of carboxylic acid groups (broad SMARTS) is 1. The van der Waals surface area contributed by atoms with Gasteiger partial charge in [0, 0.05) is 19.3 Å². The van der Waals surface area contributed by atoms with E-state index in [0.717, 1.165) is 70.6 Å². The Kier molecular flexibility index (Phi) is 40.6. The van der Waals surface area contributed by atoms with Crippen molar-refractivity contribution in [3.05, 3.63) is 60.8 Å². The van der Waals surface area contributed by atoms with E-state index in [1.807, 2.05) is 21.1 Å². The number of carbonyl (C=O) groups is 3. The zero-order valence-electron chi connectivity index (χ0n) is 39.4. The molecule has 8 heteroatoms. The molecule has 1 N–H and O–H groups in total. The molecule has 0 aliphatic rings. The molecular weight excluding hydrogens is 751 g/mol. The quantitative estimate of drug-likeness (QED) is 0.0282. The zero-order valence-corrected chi connectivity index (χ0v) is 39.4. The fraction of sp³-hybridized carbons (Fsp3) is 0.750. The molecule has 0 aliphatic carbocycles. The largest absolute Gasteiger partial charge is 0.477 e. The summed E-state index contributed by atoms with van der Waals surface area (Å²) in [6, 6.07) is -0.623. The molecule has 2 atom stereocenters. The lowest BCUT2D eigenvalue weighted by Crippen LogP contribution is -2.50. The number of ether oxygens (including phenoxy) is 3. The van der Waals surface area contributed by atoms with Gasteiger partial charge in [0.25, 0.3) is 0 Å². The smallest absolute Gasteiger partial charge is 0.362 e. The van der Waals surface area contributed by atoms with Crippen LogP contribution in [0.3, 0.4) is 0 Å². The Balaban J connectivity index is 4.32. The van der Waals surface area contributed by atoms with Crippen LogP contribution in [0.1, 0.15) is 200 Å². The Morgan fingerprint density at radius 2 is 0.933 bits per heavy atom. The van der Waals surface area contributed by atoms with Crippen molar-refractivity contribution >= 4 is 17.9 Å². The Bertz CT molecular complexity index is 1170. The molecule has 0 bridgehead atoms. The van der Waals surface area contributed by atoms with Crippen molar-refractivity contribution in [3.63, 3.8) is 0 Å². The van der Waals surface area contributed by atoms with E-state index in [2.05, 4.69) is 74.6 Å². The summed E-state index contributed by atoms with van der Waals surface area (Å²) < 4.78 is 17.3. The molecule has 0 saturated carbocycles. The van der Waals surface area contributed by atoms with Crippen LogP contribution in [0.25, 0.3) is 0 Å². The van der Waals surface area contributed by atoms with Gasteiger partial charge in [0.2, 0.25) is 0 Å². The molecule has 0 aromatic rings. The van der Waals surface area contributed by atoms with Gasteiger partial charge in [-0.2, -0.15) is 0 Å². The predicted octanol–water partition coefficient (Wildman–Crippen LogP) is 13.8. The zero-order chi connectivity index (χ0) is 44.2. The Morgan fingerprint density at radius 3 is 1.42 bits per heavy atom. The number of carbonyl (C=O) groups excluding carboxylic acids is 2. The summed E-state index contributed by atoms with van der Waals surface area (Å²) in [6.45, 7) is 4.59. The number of hydrogen-bond acceptors (Lipinski definition) is 6. The second kappa shape index (κ2) is 42.7. The maximum Gasteiger partial charge on any atom is 0.362 e. The summed E-state index contributed by atoms with van der Waals surface area (Å²) in [4.78, 5) is 37.1. The molecule has 0 aromatic heterocycles. The van der Waals surface area contributed by atoms with E-state index in [1.54, 1.807) is 0 Å². The van der Waals surface area contributed by atoms with Crippen LogP contribution >= 0.6 is 0 Å². The molecule has 0 aliphatic heterocycles. The van der Waals surface area contributed by atoms with Crippen LogP contribution in [0.5, 0.6) is 0 Å². The minimum Gasteiger partial charge on any atom is -0.477 e. The van der Waals surface area contributed by atoms with Gasteiger partial charge in [-0.3, -0.25) is 9.59 Å². The van der Waals surface area contributed by atoms with Crippen molar-refractivity contribution in [2.24, 2.45) is 0 Å². The average Bonchev–Trinajstić information content (AvgIpc) is 3.21. The highest BCUT2D eigenvalue weighted by atomic mass is 16.6. The summed E-state index contributed by atoms with van der Waals surface area (Å²) in [5, 5.41) is 9.64. The first-order valence-electron chi connectivity index (χ1n) is 24.3. The maximum absolute atomic E-state index is 12.7. The lowest BCUT2D eigenvalue weighted by molar-refractivity contribution is -0.887. The van der Waals surface area contributed by atoms with E-state index in [0.29, 0.717) is 12.8 Å². The minimum atomic E-state index is -0.882. The third-order valence-corrected chi connectivity index (χ3v) is 10.7. The lowest BCUT2D eigenvalue weighted by atomic mass is 10.1. The van der Waals surface area contributed by atoms with Crippen LogP contribution in [-0.4, -0.2) is 80.6 Å². The molecule has 0 radical (unpaired) electrons. The van der Waals surface area contributed by atoms with Crippen molar-refractivity contribution in [2.45, 2.75) is 212 Å². The van der Waals surface area contributed by atoms with Crippen LogP contribution in [0, 0.1) is 0 Å². The molecule has 2 unspecified atom stereocenters. The number of carboxylic acids is 1. The Labute approximate surface area is 368 Å². The van der Waals surface area contributed by atoms with E-state index in [4.69, 9.17) is 14.2 Å². The number of esters is 2. The van der Waals surface area contributed by atoms with Crippen LogP contribution in [0.2, 0.25) is 0 Å². The Morgan fingerprint density at radius 1 is 0.517 bits per heavy atom. The first-order valence-corrected chi connectivity index (χ1v) is 24.3. The van der Waals surface area contributed by atoms with Gasteiger partial charge in [0.05, 0.1) is 34.4 Å². The molecule has 0 saturated heterocycles. The molecule has 60 heavy (non-hydrogen) atoms. The van der Waals surface area contributed by atoms with Crippen LogP contribution in [-0.2, 0) is 28.6 Å². The third kappa shape index (κ3) is 40.4. The van der Waals surface area contributed by atoms with Crippen LogP contribution < -0.4 is 0 Å². The van der Waals surface area contributed by atoms with Gasteiger partial charge in [-0.15, -0.1) is 0 Å². The molecule has 8 nitrogen and oxygen atoms in total. The van der Waals surface area contributed by atoms with Crippen molar-refractivity contribution in [1.82, 2.24) is 0 Å². The van der Waals surface area contributed by atoms with E-state index in [1.165, 1.54) is 96.3 Å². The van der Waals surface area contributed by atoms with Gasteiger partial charge in [0.1, 0.15) is 6.61 Å². The van der Waals surface area contributed by atoms with Gasteiger partial charge >= 0.3 is 17.9 Å². The first kappa shape index (κ1) is 57.0. The molecule has 0 spiro atoms. The number of aliphatic carboxylic acids is 1. The van der Waals surface area contributed by atoms with E-state index in [-0.39, 0.29) is 42.7 Å². The summed E-state index contributed by atoms with van der Waals surface area (Å²) >= 11 is 0. The van der Waals surface area contributed by atoms with Crippen molar-refractivity contribution < 1.29 is 38.2 Å². The third-order valence-electron chi connectivity index (χ3n) is 10.7. The maximum atomic E-state index is 12.7. The SMILES string of the molecule is CC/C=C/C/C=C/C/C=C/C/C=C/CCCCCC(=O)OC(COCCC(C(=O)O)[N+](C)(C)C)COC(=O)CCCCCCCCC/C=C/CCCCCCCCCCC. The average molecular weight is 843 g/mol. The van der Waals surface area contributed by atoms with Gasteiger partial charge in [0.15, 0.2) is 12.1 Å². The number of nitrogens with zero attached hydrogens (tertiary/aromatic N) is 1. The van der Waals surface area contributed by atoms with Gasteiger partial charge < -0.3 is 23.8 Å². The number of hydrogen-bond donors (Lipinski definition) is 1. The number of allylic oxidation sites excluding steroid dienone is 10. The monoisotopic (exact) mass is 843 g/mol. The second-order valence-corrected chi connectivity index (χ2v) is 17.3. The van der Waals surface area contributed by atoms with E-state index in [9.17, 15) is 19.5 Å². The molecule has 0 aromatic carbocycles. The summed E-state index contributed by atoms with van der Waals surface area (Å²) in [5.74, 6) is -1.51. The summed E-state index contributed by atoms with van der Waals surface area (Å²) in [7, 11) is 5.51. The van der Waals surface area contributed by atoms with Crippen LogP contribution in [0.4, 0.5) is 0 Å². The number of unbranched alkanes of at least 4 members (excludes halogenated alkanes) is 19. The molecule has 0 rings (SSSR count). The summed E-state index contributed by atoms with van der Waals surface area (Å²) in [6.07, 6.45) is 52.7. The van der Waals surface area contributed by atoms with Gasteiger partial charge in [-0.05, 0) is 77.0 Å². The first-order chi connectivity index (χ1) is 29.1. The van der Waals surface area contributed by atoms with Crippen molar-refractivity contribution in [2.75, 3.05) is 41.0 Å². The lowest BCUT2D eigenvalue weighted by Gasteiger charge is -2.31. The Hall–Kier alpha value is -2.97.